The molecule has 0 aromatic heterocycles. The average Bonchev–Trinajstić information content (AvgIpc) is 2.32. The van der Waals surface area contributed by atoms with Crippen molar-refractivity contribution < 1.29 is 9.53 Å². The molecule has 0 bridgehead atoms. The predicted octanol–water partition coefficient (Wildman–Crippen LogP) is 1.38. The quantitative estimate of drug-likeness (QED) is 0.808. The first-order chi connectivity index (χ1) is 8.13. The number of hydrogen-bond donors (Lipinski definition) is 1. The molecule has 94 valence electrons. The summed E-state index contributed by atoms with van der Waals surface area (Å²) in [7, 11) is 1.76. The Balaban J connectivity index is 2.40. The number of likely N-dealkylation sites (N-methyl/N-ethyl adjacent to an activating group) is 1. The molecule has 0 spiro atoms. The molecule has 5 heteroatoms. The molecule has 0 heterocycles. The number of nitrogens with zero attached hydrogens (tertiary/aromatic N) is 1. The van der Waals surface area contributed by atoms with Crippen molar-refractivity contribution in [3.05, 3.63) is 34.3 Å². The van der Waals surface area contributed by atoms with Gasteiger partial charge in [-0.05, 0) is 17.7 Å². The van der Waals surface area contributed by atoms with E-state index in [1.54, 1.807) is 11.9 Å². The van der Waals surface area contributed by atoms with Gasteiger partial charge in [0, 0.05) is 24.6 Å². The van der Waals surface area contributed by atoms with Crippen LogP contribution in [0.5, 0.6) is 0 Å². The van der Waals surface area contributed by atoms with E-state index in [-0.39, 0.29) is 12.5 Å². The molecule has 0 aliphatic rings. The Morgan fingerprint density at radius 3 is 2.65 bits per heavy atom. The molecule has 4 nitrogen and oxygen atoms in total. The van der Waals surface area contributed by atoms with E-state index in [0.717, 1.165) is 10.0 Å². The molecule has 0 radical (unpaired) electrons. The molecule has 0 atom stereocenters. The van der Waals surface area contributed by atoms with Crippen molar-refractivity contribution in [2.24, 2.45) is 5.73 Å². The van der Waals surface area contributed by atoms with Gasteiger partial charge in [-0.25, -0.2) is 0 Å². The summed E-state index contributed by atoms with van der Waals surface area (Å²) in [5.41, 5.74) is 6.36. The van der Waals surface area contributed by atoms with Crippen molar-refractivity contribution in [2.45, 2.75) is 6.54 Å². The largest absolute Gasteiger partial charge is 0.370 e. The summed E-state index contributed by atoms with van der Waals surface area (Å²) in [6.07, 6.45) is 0. The normalized spacial score (nSPS) is 10.3. The molecule has 1 amide bonds. The second-order valence-electron chi connectivity index (χ2n) is 3.72. The highest BCUT2D eigenvalue weighted by molar-refractivity contribution is 9.10. The van der Waals surface area contributed by atoms with Crippen molar-refractivity contribution in [2.75, 3.05) is 26.8 Å². The molecular weight excluding hydrogens is 284 g/mol. The molecule has 0 saturated carbocycles. The van der Waals surface area contributed by atoms with E-state index in [1.165, 1.54) is 0 Å². The first-order valence-electron chi connectivity index (χ1n) is 5.39. The van der Waals surface area contributed by atoms with Gasteiger partial charge in [0.25, 0.3) is 0 Å². The molecular formula is C12H17BrN2O2. The zero-order chi connectivity index (χ0) is 12.7. The SMILES string of the molecule is CN(Cc1ccc(Br)cc1)C(=O)COCCN. The van der Waals surface area contributed by atoms with Gasteiger partial charge < -0.3 is 15.4 Å². The van der Waals surface area contributed by atoms with Crippen LogP contribution in [0.1, 0.15) is 5.56 Å². The lowest BCUT2D eigenvalue weighted by molar-refractivity contribution is -0.135. The predicted molar refractivity (Wildman–Crippen MR) is 70.5 cm³/mol. The van der Waals surface area contributed by atoms with Crippen LogP contribution in [-0.2, 0) is 16.1 Å². The van der Waals surface area contributed by atoms with E-state index in [4.69, 9.17) is 10.5 Å². The fourth-order valence-electron chi connectivity index (χ4n) is 1.30. The molecule has 17 heavy (non-hydrogen) atoms. The van der Waals surface area contributed by atoms with E-state index in [0.29, 0.717) is 19.7 Å². The lowest BCUT2D eigenvalue weighted by Crippen LogP contribution is -2.30. The second kappa shape index (κ2) is 7.42. The fourth-order valence-corrected chi connectivity index (χ4v) is 1.57. The number of carbonyl (C=O) groups is 1. The monoisotopic (exact) mass is 300 g/mol. The van der Waals surface area contributed by atoms with Gasteiger partial charge in [0.2, 0.25) is 5.91 Å². The van der Waals surface area contributed by atoms with E-state index < -0.39 is 0 Å². The first-order valence-corrected chi connectivity index (χ1v) is 6.19. The van der Waals surface area contributed by atoms with Crippen LogP contribution < -0.4 is 5.73 Å². The van der Waals surface area contributed by atoms with Crippen LogP contribution in [-0.4, -0.2) is 37.6 Å². The van der Waals surface area contributed by atoms with Crippen molar-refractivity contribution >= 4 is 21.8 Å². The van der Waals surface area contributed by atoms with Crippen LogP contribution in [0.25, 0.3) is 0 Å². The summed E-state index contributed by atoms with van der Waals surface area (Å²) >= 11 is 3.37. The number of hydrogen-bond acceptors (Lipinski definition) is 3. The summed E-state index contributed by atoms with van der Waals surface area (Å²) in [6.45, 7) is 1.52. The number of nitrogens with two attached hydrogens (primary N) is 1. The number of halogens is 1. The maximum atomic E-state index is 11.6. The lowest BCUT2D eigenvalue weighted by Gasteiger charge is -2.17. The first kappa shape index (κ1) is 14.2. The minimum absolute atomic E-state index is 0.0404. The van der Waals surface area contributed by atoms with Gasteiger partial charge in [-0.1, -0.05) is 28.1 Å². The molecule has 1 aromatic rings. The molecule has 0 fully saturated rings. The third-order valence-electron chi connectivity index (χ3n) is 2.25. The van der Waals surface area contributed by atoms with Crippen LogP contribution in [0.15, 0.2) is 28.7 Å². The Hall–Kier alpha value is -0.910. The summed E-state index contributed by atoms with van der Waals surface area (Å²) < 4.78 is 6.13. The molecule has 1 aromatic carbocycles. The van der Waals surface area contributed by atoms with Crippen molar-refractivity contribution in [1.82, 2.24) is 4.90 Å². The van der Waals surface area contributed by atoms with Gasteiger partial charge in [-0.3, -0.25) is 4.79 Å². The summed E-state index contributed by atoms with van der Waals surface area (Å²) in [6, 6.07) is 7.88. The Labute approximate surface area is 110 Å². The maximum absolute atomic E-state index is 11.6. The number of carbonyl (C=O) groups excluding carboxylic acids is 1. The zero-order valence-electron chi connectivity index (χ0n) is 9.86. The smallest absolute Gasteiger partial charge is 0.248 e. The average molecular weight is 301 g/mol. The van der Waals surface area contributed by atoms with Crippen LogP contribution >= 0.6 is 15.9 Å². The lowest BCUT2D eigenvalue weighted by atomic mass is 10.2. The van der Waals surface area contributed by atoms with Crippen LogP contribution in [0.3, 0.4) is 0 Å². The van der Waals surface area contributed by atoms with Gasteiger partial charge in [-0.15, -0.1) is 0 Å². The third-order valence-corrected chi connectivity index (χ3v) is 2.78. The highest BCUT2D eigenvalue weighted by Crippen LogP contribution is 2.11. The fraction of sp³-hybridized carbons (Fsp3) is 0.417. The van der Waals surface area contributed by atoms with E-state index in [1.807, 2.05) is 24.3 Å². The second-order valence-corrected chi connectivity index (χ2v) is 4.63. The van der Waals surface area contributed by atoms with Gasteiger partial charge in [0.1, 0.15) is 6.61 Å². The third kappa shape index (κ3) is 5.30. The van der Waals surface area contributed by atoms with Crippen LogP contribution in [0.2, 0.25) is 0 Å². The molecule has 0 aliphatic heterocycles. The number of rotatable bonds is 6. The van der Waals surface area contributed by atoms with Gasteiger partial charge in [-0.2, -0.15) is 0 Å². The summed E-state index contributed by atoms with van der Waals surface area (Å²) in [4.78, 5) is 13.3. The Morgan fingerprint density at radius 1 is 1.41 bits per heavy atom. The van der Waals surface area contributed by atoms with Gasteiger partial charge in [0.05, 0.1) is 6.61 Å². The van der Waals surface area contributed by atoms with Crippen LogP contribution in [0.4, 0.5) is 0 Å². The Bertz CT molecular complexity index is 354. The zero-order valence-corrected chi connectivity index (χ0v) is 11.4. The Kier molecular flexibility index (Phi) is 6.18. The number of ether oxygens (including phenoxy) is 1. The topological polar surface area (TPSA) is 55.6 Å². The van der Waals surface area contributed by atoms with Gasteiger partial charge in [0.15, 0.2) is 0 Å². The molecule has 0 saturated heterocycles. The highest BCUT2D eigenvalue weighted by atomic mass is 79.9. The van der Waals surface area contributed by atoms with Crippen LogP contribution in [0, 0.1) is 0 Å². The van der Waals surface area contributed by atoms with Crippen molar-refractivity contribution in [3.63, 3.8) is 0 Å². The molecule has 0 aliphatic carbocycles. The molecule has 0 unspecified atom stereocenters. The van der Waals surface area contributed by atoms with Crippen molar-refractivity contribution in [3.8, 4) is 0 Å². The molecule has 1 rings (SSSR count). The number of amides is 1. The van der Waals surface area contributed by atoms with Crippen molar-refractivity contribution in [1.29, 1.82) is 0 Å². The highest BCUT2D eigenvalue weighted by Gasteiger charge is 2.08. The molecule has 2 N–H and O–H groups in total. The van der Waals surface area contributed by atoms with Gasteiger partial charge >= 0.3 is 0 Å². The minimum Gasteiger partial charge on any atom is -0.370 e. The maximum Gasteiger partial charge on any atom is 0.248 e. The van der Waals surface area contributed by atoms with E-state index in [2.05, 4.69) is 15.9 Å². The van der Waals surface area contributed by atoms with E-state index >= 15 is 0 Å². The standard InChI is InChI=1S/C12H17BrN2O2/c1-15(12(16)9-17-7-6-14)8-10-2-4-11(13)5-3-10/h2-5H,6-9,14H2,1H3. The Morgan fingerprint density at radius 2 is 2.06 bits per heavy atom. The van der Waals surface area contributed by atoms with E-state index in [9.17, 15) is 4.79 Å². The number of benzene rings is 1. The minimum atomic E-state index is -0.0404. The summed E-state index contributed by atoms with van der Waals surface area (Å²) in [5, 5.41) is 0. The summed E-state index contributed by atoms with van der Waals surface area (Å²) in [5.74, 6) is -0.0404.